The minimum atomic E-state index is -3.25. The summed E-state index contributed by atoms with van der Waals surface area (Å²) in [5.74, 6) is 4.43. The van der Waals surface area contributed by atoms with Gasteiger partial charge in [-0.1, -0.05) is 77.0 Å². The molecule has 0 saturated heterocycles. The van der Waals surface area contributed by atoms with Crippen LogP contribution in [-0.4, -0.2) is 33.0 Å². The van der Waals surface area contributed by atoms with E-state index < -0.39 is 10.1 Å². The van der Waals surface area contributed by atoms with Gasteiger partial charge in [0.2, 0.25) is 0 Å². The minimum Gasteiger partial charge on any atom is -0.396 e. The van der Waals surface area contributed by atoms with Crippen molar-refractivity contribution < 1.29 is 17.7 Å². The van der Waals surface area contributed by atoms with Gasteiger partial charge in [0.05, 0.1) is 12.9 Å². The van der Waals surface area contributed by atoms with E-state index in [-0.39, 0.29) is 0 Å². The third-order valence-corrected chi connectivity index (χ3v) is 8.27. The largest absolute Gasteiger partial charge is 0.396 e. The molecule has 1 N–H and O–H groups in total. The standard InChI is InChI=1S/C11H20O3S.C10H18O/c1-15(12,13)14-8-11(9-4-2-5-9)10-6-3-7-10;11-7-10(8-3-1-4-8)9-5-2-6-9/h9-11H,2-8H2,1H3;8-11H,1-7H2. The monoisotopic (exact) mass is 386 g/mol. The molecule has 0 heterocycles. The summed E-state index contributed by atoms with van der Waals surface area (Å²) in [4.78, 5) is 0. The quantitative estimate of drug-likeness (QED) is 0.629. The Kier molecular flexibility index (Phi) is 7.43. The van der Waals surface area contributed by atoms with Crippen LogP contribution in [0.25, 0.3) is 0 Å². The van der Waals surface area contributed by atoms with E-state index in [9.17, 15) is 13.5 Å². The zero-order valence-corrected chi connectivity index (χ0v) is 17.3. The van der Waals surface area contributed by atoms with E-state index in [0.717, 1.165) is 29.9 Å². The van der Waals surface area contributed by atoms with E-state index in [1.54, 1.807) is 0 Å². The lowest BCUT2D eigenvalue weighted by atomic mass is 9.65. The summed E-state index contributed by atoms with van der Waals surface area (Å²) < 4.78 is 26.9. The molecule has 4 fully saturated rings. The highest BCUT2D eigenvalue weighted by molar-refractivity contribution is 7.85. The molecular weight excluding hydrogens is 348 g/mol. The molecule has 5 heteroatoms. The first-order valence-corrected chi connectivity index (χ1v) is 12.7. The lowest BCUT2D eigenvalue weighted by molar-refractivity contribution is 0.0422. The molecule has 152 valence electrons. The molecular formula is C21H38O4S. The van der Waals surface area contributed by atoms with E-state index in [0.29, 0.717) is 25.0 Å². The molecule has 26 heavy (non-hydrogen) atoms. The minimum absolute atomic E-state index is 0.425. The van der Waals surface area contributed by atoms with Gasteiger partial charge in [-0.3, -0.25) is 4.18 Å². The van der Waals surface area contributed by atoms with Crippen LogP contribution < -0.4 is 0 Å². The summed E-state index contributed by atoms with van der Waals surface area (Å²) >= 11 is 0. The van der Waals surface area contributed by atoms with Crippen molar-refractivity contribution in [1.82, 2.24) is 0 Å². The van der Waals surface area contributed by atoms with Gasteiger partial charge in [0.25, 0.3) is 10.1 Å². The van der Waals surface area contributed by atoms with Crippen LogP contribution >= 0.6 is 0 Å². The molecule has 0 amide bonds. The Balaban J connectivity index is 0.000000158. The highest BCUT2D eigenvalue weighted by Gasteiger charge is 2.37. The van der Waals surface area contributed by atoms with Crippen molar-refractivity contribution in [3.05, 3.63) is 0 Å². The van der Waals surface area contributed by atoms with Crippen LogP contribution in [0.15, 0.2) is 0 Å². The molecule has 0 aromatic rings. The van der Waals surface area contributed by atoms with Gasteiger partial charge >= 0.3 is 0 Å². The first-order chi connectivity index (χ1) is 12.5. The molecule has 0 radical (unpaired) electrons. The molecule has 0 aromatic heterocycles. The molecule has 0 aliphatic heterocycles. The lowest BCUT2D eigenvalue weighted by Crippen LogP contribution is -2.35. The van der Waals surface area contributed by atoms with E-state index in [1.165, 1.54) is 77.0 Å². The third-order valence-electron chi connectivity index (χ3n) is 7.71. The van der Waals surface area contributed by atoms with Gasteiger partial charge in [0, 0.05) is 6.61 Å². The number of hydrogen-bond acceptors (Lipinski definition) is 4. The zero-order valence-electron chi connectivity index (χ0n) is 16.4. The lowest BCUT2D eigenvalue weighted by Gasteiger charge is -2.42. The average Bonchev–Trinajstić information content (AvgIpc) is 2.36. The Labute approximate surface area is 160 Å². The van der Waals surface area contributed by atoms with Gasteiger partial charge in [-0.15, -0.1) is 0 Å². The second-order valence-electron chi connectivity index (χ2n) is 9.26. The van der Waals surface area contributed by atoms with Crippen molar-refractivity contribution in [2.45, 2.75) is 77.0 Å². The van der Waals surface area contributed by atoms with Crippen LogP contribution in [0.3, 0.4) is 0 Å². The van der Waals surface area contributed by atoms with Crippen molar-refractivity contribution >= 4 is 10.1 Å². The van der Waals surface area contributed by atoms with Crippen molar-refractivity contribution in [3.63, 3.8) is 0 Å². The fourth-order valence-corrected chi connectivity index (χ4v) is 5.42. The summed E-state index contributed by atoms with van der Waals surface area (Å²) in [6.45, 7) is 0.878. The smallest absolute Gasteiger partial charge is 0.264 e. The molecule has 4 aliphatic rings. The maximum Gasteiger partial charge on any atom is 0.264 e. The molecule has 0 aromatic carbocycles. The van der Waals surface area contributed by atoms with Crippen molar-refractivity contribution in [3.8, 4) is 0 Å². The predicted molar refractivity (Wildman–Crippen MR) is 104 cm³/mol. The van der Waals surface area contributed by atoms with Crippen molar-refractivity contribution in [2.24, 2.45) is 35.5 Å². The molecule has 0 atom stereocenters. The maximum atomic E-state index is 11.0. The Hall–Kier alpha value is -0.130. The van der Waals surface area contributed by atoms with Gasteiger partial charge in [-0.2, -0.15) is 8.42 Å². The highest BCUT2D eigenvalue weighted by Crippen LogP contribution is 2.45. The van der Waals surface area contributed by atoms with E-state index >= 15 is 0 Å². The first-order valence-electron chi connectivity index (χ1n) is 10.9. The van der Waals surface area contributed by atoms with Gasteiger partial charge in [-0.05, 0) is 35.5 Å². The number of aliphatic hydroxyl groups excluding tert-OH is 1. The predicted octanol–water partition coefficient (Wildman–Crippen LogP) is 4.37. The molecule has 0 spiro atoms. The van der Waals surface area contributed by atoms with Crippen LogP contribution in [0.5, 0.6) is 0 Å². The van der Waals surface area contributed by atoms with Crippen molar-refractivity contribution in [2.75, 3.05) is 19.5 Å². The Morgan fingerprint density at radius 1 is 0.769 bits per heavy atom. The summed E-state index contributed by atoms with van der Waals surface area (Å²) in [6, 6.07) is 0. The van der Waals surface area contributed by atoms with E-state index in [1.807, 2.05) is 0 Å². The second-order valence-corrected chi connectivity index (χ2v) is 10.9. The molecule has 4 rings (SSSR count). The van der Waals surface area contributed by atoms with E-state index in [4.69, 9.17) is 4.18 Å². The summed E-state index contributed by atoms with van der Waals surface area (Å²) in [5, 5.41) is 9.20. The van der Waals surface area contributed by atoms with Crippen LogP contribution in [-0.2, 0) is 14.3 Å². The van der Waals surface area contributed by atoms with Crippen LogP contribution in [0.1, 0.15) is 77.0 Å². The van der Waals surface area contributed by atoms with Crippen LogP contribution in [0.2, 0.25) is 0 Å². The average molecular weight is 387 g/mol. The Bertz CT molecular complexity index is 488. The maximum absolute atomic E-state index is 11.0. The Morgan fingerprint density at radius 3 is 1.35 bits per heavy atom. The molecule has 0 bridgehead atoms. The van der Waals surface area contributed by atoms with E-state index in [2.05, 4.69) is 0 Å². The number of hydrogen-bond donors (Lipinski definition) is 1. The Morgan fingerprint density at radius 2 is 1.12 bits per heavy atom. The first kappa shape index (κ1) is 20.6. The third kappa shape index (κ3) is 5.45. The molecule has 4 nitrogen and oxygen atoms in total. The summed E-state index contributed by atoms with van der Waals surface area (Å²) in [5.41, 5.74) is 0. The second kappa shape index (κ2) is 9.38. The molecule has 0 unspecified atom stereocenters. The summed E-state index contributed by atoms with van der Waals surface area (Å²) in [6.07, 6.45) is 17.2. The van der Waals surface area contributed by atoms with Gasteiger partial charge < -0.3 is 5.11 Å². The normalized spacial score (nSPS) is 25.1. The molecule has 4 aliphatic carbocycles. The van der Waals surface area contributed by atoms with Gasteiger partial charge in [-0.25, -0.2) is 0 Å². The SMILES string of the molecule is CS(=O)(=O)OCC(C1CCC1)C1CCC1.OCC(C1CCC1)C1CCC1. The van der Waals surface area contributed by atoms with Gasteiger partial charge in [0.1, 0.15) is 0 Å². The fraction of sp³-hybridized carbons (Fsp3) is 1.00. The fourth-order valence-electron chi connectivity index (χ4n) is 5.01. The van der Waals surface area contributed by atoms with Crippen LogP contribution in [0.4, 0.5) is 0 Å². The highest BCUT2D eigenvalue weighted by atomic mass is 32.2. The zero-order chi connectivity index (χ0) is 18.6. The number of aliphatic hydroxyl groups is 1. The van der Waals surface area contributed by atoms with Crippen molar-refractivity contribution in [1.29, 1.82) is 0 Å². The molecule has 4 saturated carbocycles. The summed E-state index contributed by atoms with van der Waals surface area (Å²) in [7, 11) is -3.25. The topological polar surface area (TPSA) is 63.6 Å². The van der Waals surface area contributed by atoms with Gasteiger partial charge in [0.15, 0.2) is 0 Å². The number of rotatable bonds is 8. The van der Waals surface area contributed by atoms with Crippen LogP contribution in [0, 0.1) is 35.5 Å².